The second-order valence-electron chi connectivity index (χ2n) is 5.39. The lowest BCUT2D eigenvalue weighted by molar-refractivity contribution is -0.137. The number of aliphatic hydroxyl groups is 2. The Labute approximate surface area is 137 Å². The van der Waals surface area contributed by atoms with Crippen LogP contribution in [0.2, 0.25) is 0 Å². The smallest absolute Gasteiger partial charge is 0.303 e. The van der Waals surface area contributed by atoms with E-state index in [-0.39, 0.29) is 28.9 Å². The molecule has 0 aromatic heterocycles. The molecule has 122 valence electrons. The second kappa shape index (κ2) is 13.0. The summed E-state index contributed by atoms with van der Waals surface area (Å²) in [5, 5.41) is 26.8. The predicted octanol–water partition coefficient (Wildman–Crippen LogP) is 4.75. The number of hydrogen-bond acceptors (Lipinski definition) is 3. The summed E-state index contributed by atoms with van der Waals surface area (Å²) in [6.45, 7) is 0. The van der Waals surface area contributed by atoms with Crippen LogP contribution in [0.4, 0.5) is 0 Å². The zero-order valence-corrected chi connectivity index (χ0v) is 14.1. The average molecular weight is 335 g/mol. The van der Waals surface area contributed by atoms with Gasteiger partial charge in [-0.05, 0) is 37.3 Å². The van der Waals surface area contributed by atoms with Crippen molar-refractivity contribution in [3.8, 4) is 0 Å². The molecule has 0 aromatic carbocycles. The van der Waals surface area contributed by atoms with Crippen molar-refractivity contribution in [2.75, 3.05) is 0 Å². The second-order valence-corrected chi connectivity index (χ2v) is 6.28. The number of carboxylic acids is 1. The molecule has 0 amide bonds. The minimum atomic E-state index is -0.714. The highest BCUT2D eigenvalue weighted by Crippen LogP contribution is 2.17. The van der Waals surface area contributed by atoms with Crippen LogP contribution in [0, 0.1) is 5.92 Å². The number of carbonyl (C=O) groups is 1. The van der Waals surface area contributed by atoms with Gasteiger partial charge in [-0.2, -0.15) is 0 Å². The third-order valence-electron chi connectivity index (χ3n) is 3.46. The SMILES string of the molecule is O=C(O)CCCCCCCCCCC(CC(O)=S)C(O)=S. The summed E-state index contributed by atoms with van der Waals surface area (Å²) in [6, 6.07) is 0. The lowest BCUT2D eigenvalue weighted by Crippen LogP contribution is -2.15. The van der Waals surface area contributed by atoms with Crippen LogP contribution < -0.4 is 0 Å². The standard InChI is InChI=1S/C15H26O4S2/c16-13(17)10-8-6-4-2-1-3-5-7-9-12(15(19)21)11-14(18)20/h12H,1-11H2,(H,16,17)(H,18,20)(H,19,21). The van der Waals surface area contributed by atoms with E-state index in [1.165, 1.54) is 0 Å². The fraction of sp³-hybridized carbons (Fsp3) is 0.800. The molecule has 0 spiro atoms. The quantitative estimate of drug-likeness (QED) is 0.314. The Hall–Kier alpha value is -0.750. The van der Waals surface area contributed by atoms with E-state index in [1.54, 1.807) is 0 Å². The lowest BCUT2D eigenvalue weighted by Gasteiger charge is -2.12. The Morgan fingerprint density at radius 1 is 0.810 bits per heavy atom. The number of carboxylic acid groups (broad SMARTS) is 1. The number of unbranched alkanes of at least 4 members (excludes halogenated alkanes) is 7. The molecule has 6 heteroatoms. The Morgan fingerprint density at radius 3 is 1.71 bits per heavy atom. The molecule has 0 aliphatic carbocycles. The van der Waals surface area contributed by atoms with Gasteiger partial charge in [-0.15, -0.1) is 0 Å². The maximum Gasteiger partial charge on any atom is 0.303 e. The zero-order chi connectivity index (χ0) is 16.1. The fourth-order valence-corrected chi connectivity index (χ4v) is 2.65. The molecule has 21 heavy (non-hydrogen) atoms. The van der Waals surface area contributed by atoms with E-state index < -0.39 is 5.97 Å². The average Bonchev–Trinajstić information content (AvgIpc) is 2.38. The number of thiocarbonyl (C=S) groups is 2. The van der Waals surface area contributed by atoms with Crippen molar-refractivity contribution in [3.63, 3.8) is 0 Å². The van der Waals surface area contributed by atoms with E-state index in [0.29, 0.717) is 0 Å². The van der Waals surface area contributed by atoms with Crippen molar-refractivity contribution in [1.29, 1.82) is 0 Å². The van der Waals surface area contributed by atoms with Gasteiger partial charge in [-0.1, -0.05) is 44.9 Å². The minimum Gasteiger partial charge on any atom is -0.502 e. The number of aliphatic carboxylic acids is 1. The molecule has 4 nitrogen and oxygen atoms in total. The molecule has 0 radical (unpaired) electrons. The van der Waals surface area contributed by atoms with Gasteiger partial charge in [0.15, 0.2) is 10.1 Å². The maximum atomic E-state index is 10.3. The normalized spacial score (nSPS) is 12.0. The Morgan fingerprint density at radius 2 is 1.29 bits per heavy atom. The molecule has 0 aliphatic heterocycles. The molecule has 1 unspecified atom stereocenters. The zero-order valence-electron chi connectivity index (χ0n) is 12.4. The fourth-order valence-electron chi connectivity index (χ4n) is 2.25. The molecule has 3 N–H and O–H groups in total. The highest BCUT2D eigenvalue weighted by Gasteiger charge is 2.15. The first-order valence-electron chi connectivity index (χ1n) is 7.60. The topological polar surface area (TPSA) is 77.8 Å². The number of rotatable bonds is 14. The van der Waals surface area contributed by atoms with Gasteiger partial charge in [0, 0.05) is 18.8 Å². The van der Waals surface area contributed by atoms with Crippen LogP contribution in [-0.4, -0.2) is 31.4 Å². The van der Waals surface area contributed by atoms with Crippen molar-refractivity contribution in [1.82, 2.24) is 0 Å². The monoisotopic (exact) mass is 334 g/mol. The third kappa shape index (κ3) is 14.0. The van der Waals surface area contributed by atoms with Gasteiger partial charge in [-0.25, -0.2) is 0 Å². The molecule has 1 atom stereocenters. The molecule has 0 saturated heterocycles. The van der Waals surface area contributed by atoms with Gasteiger partial charge in [-0.3, -0.25) is 4.79 Å². The van der Waals surface area contributed by atoms with Gasteiger partial charge < -0.3 is 15.3 Å². The Balaban J connectivity index is 3.43. The molecule has 0 aromatic rings. The number of aliphatic hydroxyl groups excluding tert-OH is 2. The highest BCUT2D eigenvalue weighted by molar-refractivity contribution is 7.80. The van der Waals surface area contributed by atoms with E-state index in [0.717, 1.165) is 57.8 Å². The molecule has 0 heterocycles. The minimum absolute atomic E-state index is 0.0650. The molecular weight excluding hydrogens is 308 g/mol. The van der Waals surface area contributed by atoms with Crippen LogP contribution in [0.25, 0.3) is 0 Å². The van der Waals surface area contributed by atoms with Crippen molar-refractivity contribution in [3.05, 3.63) is 0 Å². The highest BCUT2D eigenvalue weighted by atomic mass is 32.1. The van der Waals surface area contributed by atoms with Crippen LogP contribution >= 0.6 is 24.4 Å². The Kier molecular flexibility index (Phi) is 12.5. The summed E-state index contributed by atoms with van der Waals surface area (Å²) in [4.78, 5) is 10.3. The first kappa shape index (κ1) is 20.2. The van der Waals surface area contributed by atoms with Gasteiger partial charge >= 0.3 is 5.97 Å². The van der Waals surface area contributed by atoms with Crippen molar-refractivity contribution >= 4 is 40.5 Å². The molecule has 0 saturated carbocycles. The first-order chi connectivity index (χ1) is 9.93. The van der Waals surface area contributed by atoms with Crippen LogP contribution in [0.3, 0.4) is 0 Å². The van der Waals surface area contributed by atoms with E-state index in [4.69, 9.17) is 22.4 Å². The Bertz CT molecular complexity index is 332. The summed E-state index contributed by atoms with van der Waals surface area (Å²) in [6.07, 6.45) is 9.62. The van der Waals surface area contributed by atoms with Crippen molar-refractivity contribution in [2.45, 2.75) is 70.6 Å². The molecule has 0 bridgehead atoms. The summed E-state index contributed by atoms with van der Waals surface area (Å²) >= 11 is 9.38. The van der Waals surface area contributed by atoms with Crippen LogP contribution in [0.1, 0.15) is 70.6 Å². The third-order valence-corrected chi connectivity index (χ3v) is 3.96. The van der Waals surface area contributed by atoms with Crippen LogP contribution in [0.5, 0.6) is 0 Å². The summed E-state index contributed by atoms with van der Waals surface area (Å²) in [7, 11) is 0. The summed E-state index contributed by atoms with van der Waals surface area (Å²) < 4.78 is 0. The lowest BCUT2D eigenvalue weighted by atomic mass is 9.98. The molecule has 0 aliphatic rings. The van der Waals surface area contributed by atoms with Crippen LogP contribution in [0.15, 0.2) is 0 Å². The van der Waals surface area contributed by atoms with Crippen LogP contribution in [-0.2, 0) is 4.79 Å². The van der Waals surface area contributed by atoms with E-state index >= 15 is 0 Å². The summed E-state index contributed by atoms with van der Waals surface area (Å²) in [5.41, 5.74) is 0. The predicted molar refractivity (Wildman–Crippen MR) is 92.4 cm³/mol. The van der Waals surface area contributed by atoms with E-state index in [1.807, 2.05) is 0 Å². The van der Waals surface area contributed by atoms with E-state index in [2.05, 4.69) is 12.2 Å². The number of hydrogen-bond donors (Lipinski definition) is 3. The molecule has 0 rings (SSSR count). The van der Waals surface area contributed by atoms with Gasteiger partial charge in [0.1, 0.15) is 0 Å². The summed E-state index contributed by atoms with van der Waals surface area (Å²) in [5.74, 6) is -0.915. The van der Waals surface area contributed by atoms with Gasteiger partial charge in [0.05, 0.1) is 0 Å². The molecule has 0 fully saturated rings. The first-order valence-corrected chi connectivity index (χ1v) is 8.41. The largest absolute Gasteiger partial charge is 0.502 e. The van der Waals surface area contributed by atoms with Gasteiger partial charge in [0.25, 0.3) is 0 Å². The maximum absolute atomic E-state index is 10.3. The van der Waals surface area contributed by atoms with Gasteiger partial charge in [0.2, 0.25) is 0 Å². The van der Waals surface area contributed by atoms with E-state index in [9.17, 15) is 9.90 Å². The van der Waals surface area contributed by atoms with Crippen molar-refractivity contribution in [2.24, 2.45) is 5.92 Å². The van der Waals surface area contributed by atoms with Crippen molar-refractivity contribution < 1.29 is 20.1 Å². The molecular formula is C15H26O4S2.